The van der Waals surface area contributed by atoms with Crippen LogP contribution in [0.1, 0.15) is 35.6 Å². The summed E-state index contributed by atoms with van der Waals surface area (Å²) in [7, 11) is 0. The van der Waals surface area contributed by atoms with Crippen molar-refractivity contribution in [2.45, 2.75) is 43.9 Å². The van der Waals surface area contributed by atoms with Crippen LogP contribution in [0.15, 0.2) is 60.9 Å². The Labute approximate surface area is 250 Å². The number of esters is 1. The Kier molecular flexibility index (Phi) is 9.75. The molecule has 0 amide bonds. The number of thioether (sulfide) groups is 1. The molecule has 41 heavy (non-hydrogen) atoms. The van der Waals surface area contributed by atoms with Gasteiger partial charge in [-0.2, -0.15) is 13.5 Å². The molecular formula is C29H28Cl2F2N2O5S. The summed E-state index contributed by atoms with van der Waals surface area (Å²) in [6.07, 6.45) is 3.48. The summed E-state index contributed by atoms with van der Waals surface area (Å²) in [6.45, 7) is -1.38. The molecule has 2 heterocycles. The monoisotopic (exact) mass is 624 g/mol. The maximum atomic E-state index is 13.6. The zero-order chi connectivity index (χ0) is 28.9. The van der Waals surface area contributed by atoms with Crippen molar-refractivity contribution in [3.8, 4) is 11.5 Å². The number of benzene rings is 2. The van der Waals surface area contributed by atoms with Gasteiger partial charge in [0.05, 0.1) is 6.61 Å². The summed E-state index contributed by atoms with van der Waals surface area (Å²) in [6, 6.07) is 14.3. The molecule has 1 aliphatic heterocycles. The number of pyridine rings is 1. The van der Waals surface area contributed by atoms with Crippen LogP contribution in [0.2, 0.25) is 10.0 Å². The van der Waals surface area contributed by atoms with Gasteiger partial charge in [-0.05, 0) is 42.0 Å². The molecule has 0 radical (unpaired) electrons. The van der Waals surface area contributed by atoms with E-state index in [2.05, 4.69) is 4.74 Å². The van der Waals surface area contributed by atoms with Crippen LogP contribution in [0.25, 0.3) is 0 Å². The van der Waals surface area contributed by atoms with Crippen molar-refractivity contribution in [1.29, 1.82) is 0 Å². The van der Waals surface area contributed by atoms with Crippen LogP contribution in [-0.2, 0) is 22.5 Å². The van der Waals surface area contributed by atoms with Gasteiger partial charge in [-0.25, -0.2) is 4.79 Å². The molecule has 1 aliphatic carbocycles. The van der Waals surface area contributed by atoms with Crippen molar-refractivity contribution in [2.75, 3.05) is 18.9 Å². The molecule has 0 unspecified atom stereocenters. The third-order valence-electron chi connectivity index (χ3n) is 6.85. The summed E-state index contributed by atoms with van der Waals surface area (Å²) in [5.74, 6) is 0.680. The number of hydrogen-bond acceptors (Lipinski definition) is 7. The minimum Gasteiger partial charge on any atom is -0.619 e. The fraction of sp³-hybridized carbons (Fsp3) is 0.379. The van der Waals surface area contributed by atoms with Crippen LogP contribution >= 0.6 is 35.0 Å². The van der Waals surface area contributed by atoms with E-state index in [0.717, 1.165) is 24.2 Å². The zero-order valence-electron chi connectivity index (χ0n) is 21.9. The van der Waals surface area contributed by atoms with Gasteiger partial charge in [0.25, 0.3) is 0 Å². The maximum Gasteiger partial charge on any atom is 0.387 e. The molecule has 2 aromatic carbocycles. The Hall–Kier alpha value is -2.79. The number of carbonyl (C=O) groups excluding carboxylic acids is 1. The topological polar surface area (TPSA) is 74.9 Å². The van der Waals surface area contributed by atoms with Gasteiger partial charge in [-0.15, -0.1) is 11.8 Å². The fourth-order valence-corrected chi connectivity index (χ4v) is 6.31. The quantitative estimate of drug-likeness (QED) is 0.131. The Morgan fingerprint density at radius 1 is 1.10 bits per heavy atom. The van der Waals surface area contributed by atoms with Crippen molar-refractivity contribution < 1.29 is 32.5 Å². The minimum atomic E-state index is -3.03. The Bertz CT molecular complexity index is 1340. The lowest BCUT2D eigenvalue weighted by Crippen LogP contribution is -2.36. The van der Waals surface area contributed by atoms with E-state index in [1.165, 1.54) is 30.2 Å². The highest BCUT2D eigenvalue weighted by Gasteiger charge is 2.35. The smallest absolute Gasteiger partial charge is 0.387 e. The number of rotatable bonds is 12. The second-order valence-electron chi connectivity index (χ2n) is 9.94. The fourth-order valence-electron chi connectivity index (χ4n) is 4.56. The van der Waals surface area contributed by atoms with Crippen molar-refractivity contribution in [3.05, 3.63) is 92.9 Å². The largest absolute Gasteiger partial charge is 0.619 e. The molecule has 0 bridgehead atoms. The second kappa shape index (κ2) is 13.5. The van der Waals surface area contributed by atoms with Gasteiger partial charge >= 0.3 is 12.6 Å². The van der Waals surface area contributed by atoms with Gasteiger partial charge < -0.3 is 19.4 Å². The molecule has 1 saturated heterocycles. The van der Waals surface area contributed by atoms with Gasteiger partial charge in [0, 0.05) is 30.8 Å². The van der Waals surface area contributed by atoms with E-state index in [0.29, 0.717) is 41.5 Å². The normalized spacial score (nSPS) is 17.9. The summed E-state index contributed by atoms with van der Waals surface area (Å²) in [5, 5.41) is 11.5. The molecule has 5 rings (SSSR count). The number of aromatic nitrogens is 1. The Morgan fingerprint density at radius 3 is 2.51 bits per heavy atom. The third-order valence-corrected chi connectivity index (χ3v) is 8.72. The van der Waals surface area contributed by atoms with Gasteiger partial charge in [-0.1, -0.05) is 59.6 Å². The van der Waals surface area contributed by atoms with Gasteiger partial charge in [0.15, 0.2) is 29.3 Å². The van der Waals surface area contributed by atoms with Crippen LogP contribution in [-0.4, -0.2) is 41.8 Å². The molecule has 12 heteroatoms. The van der Waals surface area contributed by atoms with E-state index < -0.39 is 24.1 Å². The number of nitrogens with zero attached hydrogens (tertiary/aromatic N) is 2. The van der Waals surface area contributed by atoms with Gasteiger partial charge in [0.1, 0.15) is 16.1 Å². The number of alkyl halides is 2. The average Bonchev–Trinajstić information content (AvgIpc) is 3.65. The van der Waals surface area contributed by atoms with Crippen LogP contribution < -0.4 is 14.2 Å². The molecule has 7 nitrogen and oxygen atoms in total. The molecular weight excluding hydrogens is 597 g/mol. The predicted molar refractivity (Wildman–Crippen MR) is 152 cm³/mol. The number of carbonyl (C=O) groups is 1. The predicted octanol–water partition coefficient (Wildman–Crippen LogP) is 6.42. The van der Waals surface area contributed by atoms with Crippen molar-refractivity contribution in [1.82, 2.24) is 4.90 Å². The lowest BCUT2D eigenvalue weighted by atomic mass is 10.0. The van der Waals surface area contributed by atoms with E-state index >= 15 is 0 Å². The standard InChI is InChI=1S/C29H28Cl2F2N2O5S/c30-22-15-35(37)16-23(31)21(22)13-25(20-8-9-24(40-29(32)33)26(12-20)38-17-19-6-7-19)39-28(36)27-34(10-11-41-27)14-18-4-2-1-3-5-18/h1-5,8-9,12,15-16,19,25,27,29H,6-7,10-11,13-14,17H2/t25-,27-/m0/s1. The Balaban J connectivity index is 1.43. The van der Waals surface area contributed by atoms with E-state index in [1.807, 2.05) is 35.2 Å². The zero-order valence-corrected chi connectivity index (χ0v) is 24.2. The SMILES string of the molecule is O=C(O[C@@H](Cc1c(Cl)c[n+]([O-])cc1Cl)c1ccc(OC(F)F)c(OCC2CC2)c1)[C@@H]1SCCN1Cc1ccccc1. The third kappa shape index (κ3) is 7.94. The van der Waals surface area contributed by atoms with Crippen LogP contribution in [0.4, 0.5) is 8.78 Å². The number of ether oxygens (including phenoxy) is 3. The molecule has 2 aliphatic rings. The molecule has 3 aromatic rings. The highest BCUT2D eigenvalue weighted by atomic mass is 35.5. The first kappa shape index (κ1) is 29.7. The molecule has 2 atom stereocenters. The maximum absolute atomic E-state index is 13.6. The van der Waals surface area contributed by atoms with Gasteiger partial charge in [0.2, 0.25) is 0 Å². The Morgan fingerprint density at radius 2 is 1.83 bits per heavy atom. The second-order valence-corrected chi connectivity index (χ2v) is 11.9. The first-order valence-electron chi connectivity index (χ1n) is 13.1. The molecule has 2 fully saturated rings. The molecule has 218 valence electrons. The van der Waals surface area contributed by atoms with E-state index in [9.17, 15) is 18.8 Å². The van der Waals surface area contributed by atoms with Crippen LogP contribution in [0.5, 0.6) is 11.5 Å². The highest BCUT2D eigenvalue weighted by molar-refractivity contribution is 8.00. The minimum absolute atomic E-state index is 0.0391. The average molecular weight is 626 g/mol. The van der Waals surface area contributed by atoms with E-state index in [4.69, 9.17) is 32.7 Å². The van der Waals surface area contributed by atoms with Crippen molar-refractivity contribution >= 4 is 40.9 Å². The van der Waals surface area contributed by atoms with Crippen molar-refractivity contribution in [3.63, 3.8) is 0 Å². The number of hydrogen-bond donors (Lipinski definition) is 0. The lowest BCUT2D eigenvalue weighted by molar-refractivity contribution is -0.605. The summed E-state index contributed by atoms with van der Waals surface area (Å²) in [5.41, 5.74) is 1.96. The summed E-state index contributed by atoms with van der Waals surface area (Å²) >= 11 is 14.2. The van der Waals surface area contributed by atoms with E-state index in [-0.39, 0.29) is 28.0 Å². The van der Waals surface area contributed by atoms with E-state index in [1.54, 1.807) is 12.1 Å². The highest BCUT2D eigenvalue weighted by Crippen LogP contribution is 2.38. The lowest BCUT2D eigenvalue weighted by Gasteiger charge is -2.26. The molecule has 0 N–H and O–H groups in total. The summed E-state index contributed by atoms with van der Waals surface area (Å²) in [4.78, 5) is 15.7. The first-order chi connectivity index (χ1) is 19.8. The number of halogens is 4. The molecule has 1 saturated carbocycles. The van der Waals surface area contributed by atoms with Crippen LogP contribution in [0.3, 0.4) is 0 Å². The van der Waals surface area contributed by atoms with Crippen LogP contribution in [0, 0.1) is 11.1 Å². The first-order valence-corrected chi connectivity index (χ1v) is 15.0. The van der Waals surface area contributed by atoms with Gasteiger partial charge in [-0.3, -0.25) is 4.90 Å². The molecule has 1 aromatic heterocycles. The van der Waals surface area contributed by atoms with Crippen molar-refractivity contribution in [2.24, 2.45) is 5.92 Å². The summed E-state index contributed by atoms with van der Waals surface area (Å²) < 4.78 is 43.3. The molecule has 0 spiro atoms.